The van der Waals surface area contributed by atoms with E-state index in [-0.39, 0.29) is 12.5 Å². The van der Waals surface area contributed by atoms with Crippen molar-refractivity contribution < 1.29 is 14.3 Å². The fourth-order valence-electron chi connectivity index (χ4n) is 2.40. The summed E-state index contributed by atoms with van der Waals surface area (Å²) in [5.41, 5.74) is 2.57. The molecule has 28 heavy (non-hydrogen) atoms. The van der Waals surface area contributed by atoms with Gasteiger partial charge in [-0.25, -0.2) is 0 Å². The third kappa shape index (κ3) is 5.04. The number of benzene rings is 2. The molecule has 0 aliphatic carbocycles. The Labute approximate surface area is 166 Å². The Balaban J connectivity index is 1.64. The van der Waals surface area contributed by atoms with E-state index >= 15 is 0 Å². The van der Waals surface area contributed by atoms with Gasteiger partial charge in [-0.15, -0.1) is 0 Å². The van der Waals surface area contributed by atoms with E-state index in [0.29, 0.717) is 16.3 Å². The molecule has 1 heterocycles. The second-order valence-corrected chi connectivity index (χ2v) is 6.25. The maximum Gasteiger partial charge on any atom is 0.262 e. The van der Waals surface area contributed by atoms with Crippen molar-refractivity contribution in [2.45, 2.75) is 6.92 Å². The van der Waals surface area contributed by atoms with Gasteiger partial charge in [-0.2, -0.15) is 14.9 Å². The SMILES string of the molecule is COc1cc(/C=N/n2cn[nH]c2=S)ccc1OCC(=O)Nc1cccc(C)c1. The van der Waals surface area contributed by atoms with Gasteiger partial charge in [-0.1, -0.05) is 12.1 Å². The Hall–Kier alpha value is -3.46. The van der Waals surface area contributed by atoms with Gasteiger partial charge in [0.15, 0.2) is 18.1 Å². The zero-order chi connectivity index (χ0) is 19.9. The van der Waals surface area contributed by atoms with E-state index in [1.165, 1.54) is 18.1 Å². The van der Waals surface area contributed by atoms with Gasteiger partial charge in [0.1, 0.15) is 6.33 Å². The number of carbonyl (C=O) groups is 1. The molecular weight excluding hydrogens is 378 g/mol. The largest absolute Gasteiger partial charge is 0.493 e. The lowest BCUT2D eigenvalue weighted by Crippen LogP contribution is -2.20. The Morgan fingerprint density at radius 1 is 1.32 bits per heavy atom. The Bertz CT molecular complexity index is 1060. The molecule has 2 aromatic carbocycles. The second-order valence-electron chi connectivity index (χ2n) is 5.87. The van der Waals surface area contributed by atoms with Gasteiger partial charge in [-0.3, -0.25) is 9.89 Å². The minimum absolute atomic E-state index is 0.137. The van der Waals surface area contributed by atoms with Crippen molar-refractivity contribution >= 4 is 30.0 Å². The Kier molecular flexibility index (Phi) is 6.18. The number of aromatic amines is 1. The summed E-state index contributed by atoms with van der Waals surface area (Å²) >= 11 is 5.03. The highest BCUT2D eigenvalue weighted by atomic mass is 32.1. The molecule has 0 fully saturated rings. The first-order valence-corrected chi connectivity index (χ1v) is 8.80. The average molecular weight is 397 g/mol. The van der Waals surface area contributed by atoms with Crippen LogP contribution in [-0.2, 0) is 4.79 Å². The molecule has 1 aromatic heterocycles. The number of aromatic nitrogens is 3. The number of nitrogens with one attached hydrogen (secondary N) is 2. The van der Waals surface area contributed by atoms with Crippen molar-refractivity contribution in [3.63, 3.8) is 0 Å². The van der Waals surface area contributed by atoms with Crippen LogP contribution in [0.25, 0.3) is 0 Å². The molecule has 0 radical (unpaired) electrons. The van der Waals surface area contributed by atoms with Crippen LogP contribution in [0.1, 0.15) is 11.1 Å². The Morgan fingerprint density at radius 2 is 2.18 bits per heavy atom. The third-order valence-corrected chi connectivity index (χ3v) is 3.99. The van der Waals surface area contributed by atoms with E-state index in [0.717, 1.165) is 16.8 Å². The molecule has 0 saturated heterocycles. The lowest BCUT2D eigenvalue weighted by atomic mass is 10.2. The van der Waals surface area contributed by atoms with Crippen LogP contribution >= 0.6 is 12.2 Å². The van der Waals surface area contributed by atoms with Crippen LogP contribution in [0, 0.1) is 11.7 Å². The second kappa shape index (κ2) is 8.96. The summed E-state index contributed by atoms with van der Waals surface area (Å²) in [6, 6.07) is 12.8. The normalized spacial score (nSPS) is 10.8. The van der Waals surface area contributed by atoms with E-state index in [2.05, 4.69) is 20.6 Å². The van der Waals surface area contributed by atoms with Crippen molar-refractivity contribution in [2.24, 2.45) is 5.10 Å². The molecule has 0 atom stereocenters. The van der Waals surface area contributed by atoms with Crippen molar-refractivity contribution in [1.82, 2.24) is 14.9 Å². The highest BCUT2D eigenvalue weighted by molar-refractivity contribution is 7.71. The predicted molar refractivity (Wildman–Crippen MR) is 109 cm³/mol. The highest BCUT2D eigenvalue weighted by Crippen LogP contribution is 2.27. The number of amides is 1. The summed E-state index contributed by atoms with van der Waals surface area (Å²) in [7, 11) is 1.53. The van der Waals surface area contributed by atoms with Gasteiger partial charge in [0.2, 0.25) is 4.77 Å². The van der Waals surface area contributed by atoms with Crippen LogP contribution in [-0.4, -0.2) is 40.7 Å². The number of nitrogens with zero attached hydrogens (tertiary/aromatic N) is 3. The van der Waals surface area contributed by atoms with Crippen molar-refractivity contribution in [2.75, 3.05) is 19.0 Å². The molecule has 9 heteroatoms. The number of aryl methyl sites for hydroxylation is 1. The molecule has 0 bridgehead atoms. The van der Waals surface area contributed by atoms with Crippen molar-refractivity contribution in [1.29, 1.82) is 0 Å². The van der Waals surface area contributed by atoms with Crippen LogP contribution in [0.4, 0.5) is 5.69 Å². The number of rotatable bonds is 7. The minimum Gasteiger partial charge on any atom is -0.493 e. The van der Waals surface area contributed by atoms with Crippen LogP contribution in [0.15, 0.2) is 53.9 Å². The van der Waals surface area contributed by atoms with E-state index in [1.54, 1.807) is 24.4 Å². The van der Waals surface area contributed by atoms with Gasteiger partial charge in [0, 0.05) is 5.69 Å². The third-order valence-electron chi connectivity index (χ3n) is 3.71. The molecule has 0 aliphatic rings. The maximum atomic E-state index is 12.1. The molecule has 144 valence electrons. The summed E-state index contributed by atoms with van der Waals surface area (Å²) < 4.78 is 12.8. The lowest BCUT2D eigenvalue weighted by Gasteiger charge is -2.11. The first kappa shape index (κ1) is 19.3. The number of hydrogen-bond acceptors (Lipinski definition) is 6. The van der Waals surface area contributed by atoms with Crippen LogP contribution < -0.4 is 14.8 Å². The Morgan fingerprint density at radius 3 is 2.89 bits per heavy atom. The number of hydrogen-bond donors (Lipinski definition) is 2. The zero-order valence-corrected chi connectivity index (χ0v) is 16.2. The molecule has 2 N–H and O–H groups in total. The van der Waals surface area contributed by atoms with Crippen LogP contribution in [0.3, 0.4) is 0 Å². The number of ether oxygens (including phenoxy) is 2. The molecule has 0 saturated carbocycles. The molecule has 0 unspecified atom stereocenters. The van der Waals surface area contributed by atoms with E-state index in [1.807, 2.05) is 31.2 Å². The first-order chi connectivity index (χ1) is 13.5. The standard InChI is InChI=1S/C19H19N5O3S/c1-13-4-3-5-15(8-13)22-18(25)11-27-16-7-6-14(9-17(16)26-2)10-21-24-12-20-23-19(24)28/h3-10,12H,11H2,1-2H3,(H,22,25)(H,23,28)/b21-10+. The van der Waals surface area contributed by atoms with Crippen LogP contribution in [0.5, 0.6) is 11.5 Å². The summed E-state index contributed by atoms with van der Waals surface area (Å²) in [5.74, 6) is 0.690. The minimum atomic E-state index is -0.257. The molecule has 3 rings (SSSR count). The number of methoxy groups -OCH3 is 1. The topological polar surface area (TPSA) is 93.5 Å². The maximum absolute atomic E-state index is 12.1. The van der Waals surface area contributed by atoms with E-state index < -0.39 is 0 Å². The van der Waals surface area contributed by atoms with E-state index in [9.17, 15) is 4.79 Å². The summed E-state index contributed by atoms with van der Waals surface area (Å²) in [5, 5.41) is 13.4. The summed E-state index contributed by atoms with van der Waals surface area (Å²) in [6.45, 7) is 1.82. The molecule has 1 amide bonds. The van der Waals surface area contributed by atoms with Gasteiger partial charge in [-0.05, 0) is 60.6 Å². The van der Waals surface area contributed by atoms with Gasteiger partial charge in [0.25, 0.3) is 5.91 Å². The van der Waals surface area contributed by atoms with E-state index in [4.69, 9.17) is 21.7 Å². The summed E-state index contributed by atoms with van der Waals surface area (Å²) in [4.78, 5) is 12.1. The number of H-pyrrole nitrogens is 1. The highest BCUT2D eigenvalue weighted by Gasteiger charge is 2.09. The van der Waals surface area contributed by atoms with Crippen LogP contribution in [0.2, 0.25) is 0 Å². The quantitative estimate of drug-likeness (QED) is 0.472. The number of carbonyl (C=O) groups excluding carboxylic acids is 1. The molecular formula is C19H19N5O3S. The molecule has 0 spiro atoms. The van der Waals surface area contributed by atoms with Gasteiger partial charge >= 0.3 is 0 Å². The fraction of sp³-hybridized carbons (Fsp3) is 0.158. The monoisotopic (exact) mass is 397 g/mol. The molecule has 8 nitrogen and oxygen atoms in total. The van der Waals surface area contributed by atoms with Crippen molar-refractivity contribution in [3.05, 3.63) is 64.7 Å². The first-order valence-electron chi connectivity index (χ1n) is 8.39. The smallest absolute Gasteiger partial charge is 0.262 e. The van der Waals surface area contributed by atoms with Crippen molar-refractivity contribution in [3.8, 4) is 11.5 Å². The van der Waals surface area contributed by atoms with Gasteiger partial charge < -0.3 is 14.8 Å². The average Bonchev–Trinajstić information content (AvgIpc) is 3.10. The molecule has 0 aliphatic heterocycles. The molecule has 3 aromatic rings. The fourth-order valence-corrected chi connectivity index (χ4v) is 2.55. The summed E-state index contributed by atoms with van der Waals surface area (Å²) in [6.07, 6.45) is 3.09. The van der Waals surface area contributed by atoms with Gasteiger partial charge in [0.05, 0.1) is 13.3 Å². The lowest BCUT2D eigenvalue weighted by molar-refractivity contribution is -0.118. The number of anilines is 1. The zero-order valence-electron chi connectivity index (χ0n) is 15.4. The predicted octanol–water partition coefficient (Wildman–Crippen LogP) is 3.16.